The smallest absolute Gasteiger partial charge is 0.0760 e. The first kappa shape index (κ1) is 12.6. The summed E-state index contributed by atoms with van der Waals surface area (Å²) in [7, 11) is 0. The Labute approximate surface area is 119 Å². The average Bonchev–Trinajstić information content (AvgIpc) is 2.76. The number of hydrogen-bond acceptors (Lipinski definition) is 1. The van der Waals surface area contributed by atoms with Crippen LogP contribution in [0.15, 0.2) is 54.6 Å². The molecular formula is C17H18ClN. The number of hydrogen-bond donors (Lipinski definition) is 0. The van der Waals surface area contributed by atoms with Crippen LogP contribution in [-0.2, 0) is 6.42 Å². The lowest BCUT2D eigenvalue weighted by Crippen LogP contribution is -2.32. The zero-order valence-corrected chi connectivity index (χ0v) is 11.8. The number of fused-ring (bicyclic) bond motifs is 1. The topological polar surface area (TPSA) is 3.24 Å². The molecule has 1 aliphatic rings. The minimum atomic E-state index is 0.0369. The van der Waals surface area contributed by atoms with Crippen molar-refractivity contribution in [1.29, 1.82) is 0 Å². The largest absolute Gasteiger partial charge is 0.366 e. The molecule has 0 fully saturated rings. The second-order valence-corrected chi connectivity index (χ2v) is 5.74. The molecule has 2 atom stereocenters. The number of alkyl halides is 1. The second kappa shape index (κ2) is 5.26. The fraction of sp³-hybridized carbons (Fsp3) is 0.294. The summed E-state index contributed by atoms with van der Waals surface area (Å²) in [6, 6.07) is 19.5. The predicted octanol–water partition coefficient (Wildman–Crippen LogP) is 4.42. The molecule has 3 rings (SSSR count). The molecule has 2 aromatic rings. The SMILES string of the molecule is CC1Cc2ccccc2N1CC(Cl)c1ccccc1. The van der Waals surface area contributed by atoms with E-state index >= 15 is 0 Å². The van der Waals surface area contributed by atoms with Gasteiger partial charge in [-0.3, -0.25) is 0 Å². The molecular weight excluding hydrogens is 254 g/mol. The normalized spacial score (nSPS) is 19.3. The van der Waals surface area contributed by atoms with Gasteiger partial charge in [0.15, 0.2) is 0 Å². The molecule has 0 radical (unpaired) electrons. The molecule has 0 N–H and O–H groups in total. The van der Waals surface area contributed by atoms with E-state index in [0.717, 1.165) is 13.0 Å². The lowest BCUT2D eigenvalue weighted by molar-refractivity contribution is 0.662. The summed E-state index contributed by atoms with van der Waals surface area (Å²) in [6.07, 6.45) is 1.12. The van der Waals surface area contributed by atoms with Crippen molar-refractivity contribution in [3.05, 3.63) is 65.7 Å². The summed E-state index contributed by atoms with van der Waals surface area (Å²) < 4.78 is 0. The Morgan fingerprint density at radius 3 is 2.58 bits per heavy atom. The summed E-state index contributed by atoms with van der Waals surface area (Å²) >= 11 is 6.58. The van der Waals surface area contributed by atoms with E-state index in [1.807, 2.05) is 18.2 Å². The van der Waals surface area contributed by atoms with Crippen LogP contribution in [0.1, 0.15) is 23.4 Å². The molecule has 1 aliphatic heterocycles. The van der Waals surface area contributed by atoms with Crippen molar-refractivity contribution in [2.45, 2.75) is 24.8 Å². The quantitative estimate of drug-likeness (QED) is 0.747. The summed E-state index contributed by atoms with van der Waals surface area (Å²) in [5.74, 6) is 0. The van der Waals surface area contributed by atoms with E-state index in [-0.39, 0.29) is 5.38 Å². The Morgan fingerprint density at radius 1 is 1.11 bits per heavy atom. The van der Waals surface area contributed by atoms with Crippen LogP contribution in [0.3, 0.4) is 0 Å². The third kappa shape index (κ3) is 2.48. The van der Waals surface area contributed by atoms with Crippen LogP contribution in [-0.4, -0.2) is 12.6 Å². The van der Waals surface area contributed by atoms with Crippen molar-refractivity contribution in [1.82, 2.24) is 0 Å². The molecule has 2 unspecified atom stereocenters. The minimum absolute atomic E-state index is 0.0369. The molecule has 0 aromatic heterocycles. The Hall–Kier alpha value is -1.47. The van der Waals surface area contributed by atoms with Gasteiger partial charge >= 0.3 is 0 Å². The van der Waals surface area contributed by atoms with Gasteiger partial charge in [0.1, 0.15) is 0 Å². The Morgan fingerprint density at radius 2 is 1.79 bits per heavy atom. The van der Waals surface area contributed by atoms with E-state index in [1.165, 1.54) is 16.8 Å². The number of nitrogens with zero attached hydrogens (tertiary/aromatic N) is 1. The third-order valence-electron chi connectivity index (χ3n) is 3.87. The Balaban J connectivity index is 1.80. The van der Waals surface area contributed by atoms with Gasteiger partial charge in [-0.2, -0.15) is 0 Å². The molecule has 19 heavy (non-hydrogen) atoms. The van der Waals surface area contributed by atoms with Crippen LogP contribution < -0.4 is 4.90 Å². The fourth-order valence-electron chi connectivity index (χ4n) is 2.85. The molecule has 0 saturated heterocycles. The third-order valence-corrected chi connectivity index (χ3v) is 4.26. The highest BCUT2D eigenvalue weighted by Crippen LogP contribution is 2.34. The molecule has 0 bridgehead atoms. The molecule has 1 heterocycles. The zero-order valence-electron chi connectivity index (χ0n) is 11.1. The van der Waals surface area contributed by atoms with Gasteiger partial charge in [0.05, 0.1) is 5.38 Å². The van der Waals surface area contributed by atoms with Crippen LogP contribution in [0.4, 0.5) is 5.69 Å². The number of benzene rings is 2. The van der Waals surface area contributed by atoms with Crippen molar-refractivity contribution in [3.63, 3.8) is 0 Å². The predicted molar refractivity (Wildman–Crippen MR) is 82.0 cm³/mol. The van der Waals surface area contributed by atoms with E-state index in [2.05, 4.69) is 48.2 Å². The standard InChI is InChI=1S/C17H18ClN/c1-13-11-15-9-5-6-10-17(15)19(13)12-16(18)14-7-3-2-4-8-14/h2-10,13,16H,11-12H2,1H3. The van der Waals surface area contributed by atoms with Crippen molar-refractivity contribution in [3.8, 4) is 0 Å². The van der Waals surface area contributed by atoms with Crippen LogP contribution in [0.2, 0.25) is 0 Å². The maximum absolute atomic E-state index is 6.58. The summed E-state index contributed by atoms with van der Waals surface area (Å²) in [5.41, 5.74) is 3.98. The number of anilines is 1. The van der Waals surface area contributed by atoms with Gasteiger partial charge in [-0.25, -0.2) is 0 Å². The first-order valence-corrected chi connectivity index (χ1v) is 7.23. The van der Waals surface area contributed by atoms with Gasteiger partial charge in [0, 0.05) is 18.3 Å². The van der Waals surface area contributed by atoms with Gasteiger partial charge < -0.3 is 4.90 Å². The summed E-state index contributed by atoms with van der Waals surface area (Å²) in [4.78, 5) is 2.43. The van der Waals surface area contributed by atoms with Gasteiger partial charge in [0.25, 0.3) is 0 Å². The Bertz CT molecular complexity index is 552. The number of halogens is 1. The van der Waals surface area contributed by atoms with Crippen molar-refractivity contribution in [2.75, 3.05) is 11.4 Å². The molecule has 0 saturated carbocycles. The van der Waals surface area contributed by atoms with Crippen LogP contribution in [0.5, 0.6) is 0 Å². The molecule has 98 valence electrons. The fourth-order valence-corrected chi connectivity index (χ4v) is 3.14. The van der Waals surface area contributed by atoms with E-state index < -0.39 is 0 Å². The lowest BCUT2D eigenvalue weighted by atomic mass is 10.1. The van der Waals surface area contributed by atoms with Gasteiger partial charge in [0.2, 0.25) is 0 Å². The highest BCUT2D eigenvalue weighted by atomic mass is 35.5. The first-order valence-electron chi connectivity index (χ1n) is 6.79. The monoisotopic (exact) mass is 271 g/mol. The summed E-state index contributed by atoms with van der Waals surface area (Å²) in [5, 5.41) is 0.0369. The molecule has 1 nitrogen and oxygen atoms in total. The molecule has 0 amide bonds. The van der Waals surface area contributed by atoms with Gasteiger partial charge in [-0.15, -0.1) is 11.6 Å². The first-order chi connectivity index (χ1) is 9.25. The van der Waals surface area contributed by atoms with E-state index in [1.54, 1.807) is 0 Å². The van der Waals surface area contributed by atoms with Crippen molar-refractivity contribution in [2.24, 2.45) is 0 Å². The molecule has 2 heteroatoms. The maximum Gasteiger partial charge on any atom is 0.0760 e. The zero-order chi connectivity index (χ0) is 13.2. The van der Waals surface area contributed by atoms with Gasteiger partial charge in [-0.05, 0) is 30.5 Å². The molecule has 2 aromatic carbocycles. The maximum atomic E-state index is 6.58. The Kier molecular flexibility index (Phi) is 3.48. The number of para-hydroxylation sites is 1. The minimum Gasteiger partial charge on any atom is -0.366 e. The van der Waals surface area contributed by atoms with E-state index in [4.69, 9.17) is 11.6 Å². The van der Waals surface area contributed by atoms with Crippen molar-refractivity contribution < 1.29 is 0 Å². The van der Waals surface area contributed by atoms with Crippen LogP contribution >= 0.6 is 11.6 Å². The average molecular weight is 272 g/mol. The highest BCUT2D eigenvalue weighted by Gasteiger charge is 2.27. The molecule has 0 spiro atoms. The van der Waals surface area contributed by atoms with E-state index in [9.17, 15) is 0 Å². The van der Waals surface area contributed by atoms with Crippen LogP contribution in [0.25, 0.3) is 0 Å². The molecule has 0 aliphatic carbocycles. The van der Waals surface area contributed by atoms with E-state index in [0.29, 0.717) is 6.04 Å². The van der Waals surface area contributed by atoms with Crippen LogP contribution in [0, 0.1) is 0 Å². The highest BCUT2D eigenvalue weighted by molar-refractivity contribution is 6.21. The lowest BCUT2D eigenvalue weighted by Gasteiger charge is -2.27. The summed E-state index contributed by atoms with van der Waals surface area (Å²) in [6.45, 7) is 3.14. The number of rotatable bonds is 3. The second-order valence-electron chi connectivity index (χ2n) is 5.21. The van der Waals surface area contributed by atoms with Crippen molar-refractivity contribution >= 4 is 17.3 Å². The van der Waals surface area contributed by atoms with Gasteiger partial charge in [-0.1, -0.05) is 48.5 Å².